The molecule has 0 aliphatic carbocycles. The Hall–Kier alpha value is -2.90. The minimum Gasteiger partial charge on any atom is -0.244 e. The zero-order valence-corrected chi connectivity index (χ0v) is 18.2. The molecule has 0 amide bonds. The van der Waals surface area contributed by atoms with Crippen LogP contribution in [-0.2, 0) is 9.73 Å². The molecule has 2 aromatic carbocycles. The van der Waals surface area contributed by atoms with Crippen LogP contribution in [0.1, 0.15) is 13.8 Å². The zero-order chi connectivity index (χ0) is 21.1. The molecule has 30 heavy (non-hydrogen) atoms. The lowest BCUT2D eigenvalue weighted by atomic mass is 10.1. The molecule has 0 radical (unpaired) electrons. The van der Waals surface area contributed by atoms with Gasteiger partial charge < -0.3 is 0 Å². The summed E-state index contributed by atoms with van der Waals surface area (Å²) in [6.07, 6.45) is 1.64. The predicted octanol–water partition coefficient (Wildman–Crippen LogP) is 6.58. The summed E-state index contributed by atoms with van der Waals surface area (Å²) in [5.74, 6) is 0.111. The maximum absolute atomic E-state index is 13.9. The quantitative estimate of drug-likeness (QED) is 0.354. The van der Waals surface area contributed by atoms with Gasteiger partial charge in [0.1, 0.15) is 5.82 Å². The number of aromatic nitrogens is 2. The van der Waals surface area contributed by atoms with Gasteiger partial charge in [0.15, 0.2) is 5.82 Å². The lowest BCUT2D eigenvalue weighted by Gasteiger charge is -2.15. The molecule has 152 valence electrons. The van der Waals surface area contributed by atoms with Crippen LogP contribution in [-0.4, -0.2) is 19.4 Å². The highest BCUT2D eigenvalue weighted by atomic mass is 32.2. The van der Waals surface area contributed by atoms with Crippen molar-refractivity contribution in [1.82, 2.24) is 9.97 Å². The van der Waals surface area contributed by atoms with Crippen LogP contribution in [0.5, 0.6) is 0 Å². The van der Waals surface area contributed by atoms with Crippen molar-refractivity contribution in [3.05, 3.63) is 84.3 Å². The van der Waals surface area contributed by atoms with Gasteiger partial charge in [0.05, 0.1) is 25.8 Å². The number of pyridine rings is 1. The Kier molecular flexibility index (Phi) is 5.74. The fourth-order valence-corrected chi connectivity index (χ4v) is 5.71. The molecule has 0 N–H and O–H groups in total. The summed E-state index contributed by atoms with van der Waals surface area (Å²) in [7, 11) is -2.74. The van der Waals surface area contributed by atoms with Crippen LogP contribution >= 0.6 is 11.3 Å². The summed E-state index contributed by atoms with van der Waals surface area (Å²) >= 11 is 1.45. The topological polar surface area (TPSA) is 55.2 Å². The van der Waals surface area contributed by atoms with Crippen molar-refractivity contribution < 1.29 is 8.60 Å². The number of rotatable bonds is 5. The molecule has 0 spiro atoms. The Morgan fingerprint density at radius 2 is 1.70 bits per heavy atom. The Labute approximate surface area is 179 Å². The van der Waals surface area contributed by atoms with Crippen molar-refractivity contribution >= 4 is 26.9 Å². The highest BCUT2D eigenvalue weighted by Gasteiger charge is 2.21. The van der Waals surface area contributed by atoms with Gasteiger partial charge in [0, 0.05) is 27.5 Å². The van der Waals surface area contributed by atoms with Crippen LogP contribution in [0, 0.1) is 5.82 Å². The van der Waals surface area contributed by atoms with Gasteiger partial charge in [0.25, 0.3) is 0 Å². The van der Waals surface area contributed by atoms with Gasteiger partial charge in [0.2, 0.25) is 0 Å². The molecule has 2 heterocycles. The summed E-state index contributed by atoms with van der Waals surface area (Å²) in [5.41, 5.74) is 4.01. The number of benzene rings is 2. The monoisotopic (exact) mass is 437 g/mol. The molecule has 0 saturated carbocycles. The van der Waals surface area contributed by atoms with E-state index in [0.29, 0.717) is 10.7 Å². The van der Waals surface area contributed by atoms with Crippen LogP contribution in [0.3, 0.4) is 0 Å². The highest BCUT2D eigenvalue weighted by Crippen LogP contribution is 2.39. The third kappa shape index (κ3) is 3.91. The van der Waals surface area contributed by atoms with E-state index in [1.807, 2.05) is 56.3 Å². The maximum atomic E-state index is 13.9. The van der Waals surface area contributed by atoms with Crippen molar-refractivity contribution in [2.75, 3.05) is 0 Å². The van der Waals surface area contributed by atoms with Gasteiger partial charge in [-0.25, -0.2) is 18.6 Å². The number of thiazole rings is 1. The average Bonchev–Trinajstić information content (AvgIpc) is 3.25. The van der Waals surface area contributed by atoms with Crippen LogP contribution < -0.4 is 0 Å². The molecule has 0 aliphatic heterocycles. The molecule has 2 aromatic heterocycles. The first-order chi connectivity index (χ1) is 14.5. The number of halogens is 1. The fraction of sp³-hybridized carbons (Fsp3) is 0.130. The average molecular weight is 438 g/mol. The van der Waals surface area contributed by atoms with Crippen molar-refractivity contribution in [3.8, 4) is 21.7 Å². The predicted molar refractivity (Wildman–Crippen MR) is 121 cm³/mol. The van der Waals surface area contributed by atoms with Crippen LogP contribution in [0.15, 0.2) is 87.7 Å². The lowest BCUT2D eigenvalue weighted by molar-refractivity contribution is 0.628. The van der Waals surface area contributed by atoms with E-state index in [9.17, 15) is 8.60 Å². The minimum atomic E-state index is -2.74. The van der Waals surface area contributed by atoms with E-state index in [-0.39, 0.29) is 11.1 Å². The second kappa shape index (κ2) is 8.45. The van der Waals surface area contributed by atoms with Crippen molar-refractivity contribution in [2.24, 2.45) is 4.36 Å². The van der Waals surface area contributed by atoms with Crippen LogP contribution in [0.25, 0.3) is 21.7 Å². The minimum absolute atomic E-state index is 0.201. The van der Waals surface area contributed by atoms with E-state index in [0.717, 1.165) is 21.7 Å². The number of hydrogen-bond acceptors (Lipinski definition) is 5. The highest BCUT2D eigenvalue weighted by molar-refractivity contribution is 7.94. The summed E-state index contributed by atoms with van der Waals surface area (Å²) < 4.78 is 32.0. The van der Waals surface area contributed by atoms with E-state index >= 15 is 0 Å². The summed E-state index contributed by atoms with van der Waals surface area (Å²) in [6, 6.07) is 19.2. The molecule has 4 rings (SSSR count). The van der Waals surface area contributed by atoms with Gasteiger partial charge in [-0.1, -0.05) is 18.2 Å². The smallest absolute Gasteiger partial charge is 0.170 e. The molecule has 1 unspecified atom stereocenters. The van der Waals surface area contributed by atoms with Gasteiger partial charge in [-0.15, -0.1) is 11.3 Å². The molecule has 0 fully saturated rings. The zero-order valence-electron chi connectivity index (χ0n) is 16.5. The standard InChI is InChI=1S/C23H20FN3OS2/c1-16(2)30(28,19-7-4-3-5-8-19)27-23-20(9-6-14-25-23)22-21(26-15-29-22)17-10-12-18(24)13-11-17/h3-16H,1-2H3. The van der Waals surface area contributed by atoms with Gasteiger partial charge in [-0.2, -0.15) is 4.36 Å². The third-order valence-corrected chi connectivity index (χ3v) is 8.19. The van der Waals surface area contributed by atoms with Gasteiger partial charge in [-0.05, 0) is 62.4 Å². The molecule has 0 saturated heterocycles. The third-order valence-electron chi connectivity index (χ3n) is 4.66. The van der Waals surface area contributed by atoms with Crippen molar-refractivity contribution in [1.29, 1.82) is 0 Å². The van der Waals surface area contributed by atoms with Crippen LogP contribution in [0.4, 0.5) is 10.2 Å². The Bertz CT molecular complexity index is 1280. The lowest BCUT2D eigenvalue weighted by Crippen LogP contribution is -2.13. The van der Waals surface area contributed by atoms with E-state index in [4.69, 9.17) is 4.36 Å². The molecule has 1 atom stereocenters. The normalized spacial score (nSPS) is 13.2. The van der Waals surface area contributed by atoms with Crippen LogP contribution in [0.2, 0.25) is 0 Å². The summed E-state index contributed by atoms with van der Waals surface area (Å²) in [5, 5.41) is -0.201. The molecule has 7 heteroatoms. The Morgan fingerprint density at radius 1 is 0.967 bits per heavy atom. The second-order valence-electron chi connectivity index (χ2n) is 6.93. The largest absolute Gasteiger partial charge is 0.244 e. The second-order valence-corrected chi connectivity index (χ2v) is 10.5. The first-order valence-corrected chi connectivity index (χ1v) is 11.9. The molecule has 0 aliphatic rings. The summed E-state index contributed by atoms with van der Waals surface area (Å²) in [4.78, 5) is 10.5. The van der Waals surface area contributed by atoms with E-state index < -0.39 is 9.73 Å². The molecule has 0 bridgehead atoms. The SMILES string of the molecule is CC(C)S(=O)(=Nc1ncccc1-c1scnc1-c1ccc(F)cc1)c1ccccc1. The molecule has 4 nitrogen and oxygen atoms in total. The summed E-state index contributed by atoms with van der Waals surface area (Å²) in [6.45, 7) is 3.80. The van der Waals surface area contributed by atoms with E-state index in [1.165, 1.54) is 23.5 Å². The Morgan fingerprint density at radius 3 is 2.40 bits per heavy atom. The van der Waals surface area contributed by atoms with Gasteiger partial charge in [-0.3, -0.25) is 0 Å². The number of hydrogen-bond donors (Lipinski definition) is 0. The first-order valence-electron chi connectivity index (χ1n) is 9.45. The fourth-order valence-electron chi connectivity index (χ4n) is 3.07. The molecule has 4 aromatic rings. The van der Waals surface area contributed by atoms with E-state index in [2.05, 4.69) is 9.97 Å². The number of nitrogens with zero attached hydrogens (tertiary/aromatic N) is 3. The van der Waals surface area contributed by atoms with Gasteiger partial charge >= 0.3 is 0 Å². The Balaban J connectivity index is 1.90. The van der Waals surface area contributed by atoms with Crippen molar-refractivity contribution in [3.63, 3.8) is 0 Å². The maximum Gasteiger partial charge on any atom is 0.170 e. The molecular weight excluding hydrogens is 417 g/mol. The first kappa shape index (κ1) is 20.4. The molecular formula is C23H20FN3OS2. The van der Waals surface area contributed by atoms with E-state index in [1.54, 1.807) is 23.8 Å². The van der Waals surface area contributed by atoms with Crippen molar-refractivity contribution in [2.45, 2.75) is 24.0 Å².